The molecule has 0 aliphatic heterocycles. The number of ether oxygens (including phenoxy) is 3. The number of carbonyl (C=O) groups excluding carboxylic acids is 1. The van der Waals surface area contributed by atoms with Gasteiger partial charge in [0, 0.05) is 6.20 Å². The zero-order chi connectivity index (χ0) is 23.6. The van der Waals surface area contributed by atoms with Crippen molar-refractivity contribution in [3.63, 3.8) is 0 Å². The minimum absolute atomic E-state index is 0.117. The summed E-state index contributed by atoms with van der Waals surface area (Å²) in [7, 11) is 1.41. The molecular weight excluding hydrogens is 445 g/mol. The molecule has 0 amide bonds. The van der Waals surface area contributed by atoms with Gasteiger partial charge in [-0.2, -0.15) is 15.2 Å². The minimum atomic E-state index is -4.79. The van der Waals surface area contributed by atoms with E-state index in [4.69, 9.17) is 9.47 Å². The number of aromatic nitrogens is 6. The zero-order valence-corrected chi connectivity index (χ0v) is 17.4. The first-order chi connectivity index (χ1) is 15.8. The molecule has 0 radical (unpaired) electrons. The summed E-state index contributed by atoms with van der Waals surface area (Å²) in [6, 6.07) is 5.57. The number of hydrogen-bond donors (Lipinski definition) is 0. The van der Waals surface area contributed by atoms with E-state index in [2.05, 4.69) is 24.9 Å². The molecule has 0 atom stereocenters. The highest BCUT2D eigenvalue weighted by molar-refractivity contribution is 5.88. The Morgan fingerprint density at radius 1 is 1.15 bits per heavy atom. The monoisotopic (exact) mass is 462 g/mol. The Kier molecular flexibility index (Phi) is 5.85. The van der Waals surface area contributed by atoms with Crippen LogP contribution in [0.25, 0.3) is 17.0 Å². The molecule has 0 saturated heterocycles. The van der Waals surface area contributed by atoms with E-state index in [9.17, 15) is 18.0 Å². The van der Waals surface area contributed by atoms with Gasteiger partial charge in [0.15, 0.2) is 0 Å². The lowest BCUT2D eigenvalue weighted by atomic mass is 10.2. The van der Waals surface area contributed by atoms with Crippen molar-refractivity contribution in [1.29, 1.82) is 0 Å². The molecule has 4 aromatic rings. The quantitative estimate of drug-likeness (QED) is 0.386. The Balaban J connectivity index is 1.65. The second-order valence-corrected chi connectivity index (χ2v) is 6.66. The van der Waals surface area contributed by atoms with Crippen molar-refractivity contribution in [3.8, 4) is 17.6 Å². The van der Waals surface area contributed by atoms with Crippen molar-refractivity contribution in [3.05, 3.63) is 54.0 Å². The van der Waals surface area contributed by atoms with Crippen LogP contribution >= 0.6 is 0 Å². The summed E-state index contributed by atoms with van der Waals surface area (Å²) >= 11 is 0. The zero-order valence-electron chi connectivity index (χ0n) is 17.4. The smallest absolute Gasteiger partial charge is 0.479 e. The lowest BCUT2D eigenvalue weighted by molar-refractivity contribution is -0.274. The summed E-state index contributed by atoms with van der Waals surface area (Å²) in [5.41, 5.74) is 1.59. The highest BCUT2D eigenvalue weighted by Gasteiger charge is 2.31. The van der Waals surface area contributed by atoms with E-state index in [0.29, 0.717) is 16.6 Å². The molecule has 4 rings (SSSR count). The van der Waals surface area contributed by atoms with E-state index < -0.39 is 12.3 Å². The van der Waals surface area contributed by atoms with Gasteiger partial charge in [0.1, 0.15) is 16.8 Å². The van der Waals surface area contributed by atoms with Crippen LogP contribution in [0.15, 0.2) is 42.9 Å². The Bertz CT molecular complexity index is 1300. The van der Waals surface area contributed by atoms with Crippen LogP contribution in [0, 0.1) is 0 Å². The molecular formula is C20H17F3N6O4. The molecule has 3 heterocycles. The van der Waals surface area contributed by atoms with Crippen molar-refractivity contribution in [2.24, 2.45) is 0 Å². The second-order valence-electron chi connectivity index (χ2n) is 6.66. The van der Waals surface area contributed by atoms with Gasteiger partial charge in [-0.25, -0.2) is 14.5 Å². The number of alkyl halides is 3. The third-order valence-corrected chi connectivity index (χ3v) is 4.40. The average molecular weight is 462 g/mol. The van der Waals surface area contributed by atoms with Crippen LogP contribution in [0.2, 0.25) is 0 Å². The van der Waals surface area contributed by atoms with Crippen molar-refractivity contribution >= 4 is 17.0 Å². The molecule has 0 unspecified atom stereocenters. The van der Waals surface area contributed by atoms with E-state index in [1.54, 1.807) is 13.0 Å². The van der Waals surface area contributed by atoms with Crippen molar-refractivity contribution < 1.29 is 32.2 Å². The summed E-state index contributed by atoms with van der Waals surface area (Å²) in [4.78, 5) is 20.6. The molecule has 0 aliphatic carbocycles. The van der Waals surface area contributed by atoms with Gasteiger partial charge in [-0.15, -0.1) is 13.2 Å². The first kappa shape index (κ1) is 22.0. The number of esters is 1. The lowest BCUT2D eigenvalue weighted by Crippen LogP contribution is -2.17. The first-order valence-electron chi connectivity index (χ1n) is 9.62. The largest absolute Gasteiger partial charge is 0.573 e. The molecule has 0 spiro atoms. The topological polar surface area (TPSA) is 106 Å². The third kappa shape index (κ3) is 4.86. The van der Waals surface area contributed by atoms with Crippen LogP contribution in [-0.2, 0) is 11.3 Å². The van der Waals surface area contributed by atoms with Crippen LogP contribution in [0.4, 0.5) is 13.2 Å². The number of carbonyl (C=O) groups is 1. The van der Waals surface area contributed by atoms with Gasteiger partial charge < -0.3 is 14.2 Å². The van der Waals surface area contributed by atoms with Crippen LogP contribution in [0.5, 0.6) is 11.6 Å². The molecule has 33 heavy (non-hydrogen) atoms. The number of methoxy groups -OCH3 is 1. The van der Waals surface area contributed by atoms with Crippen LogP contribution in [0.1, 0.15) is 22.8 Å². The van der Waals surface area contributed by atoms with Crippen LogP contribution in [-0.4, -0.2) is 55.6 Å². The Morgan fingerprint density at radius 3 is 2.70 bits per heavy atom. The van der Waals surface area contributed by atoms with Crippen LogP contribution in [0.3, 0.4) is 0 Å². The number of rotatable bonds is 7. The first-order valence-corrected chi connectivity index (χ1v) is 9.62. The molecule has 172 valence electrons. The minimum Gasteiger partial charge on any atom is -0.479 e. The molecule has 13 heteroatoms. The summed E-state index contributed by atoms with van der Waals surface area (Å²) in [6.07, 6.45) is -0.564. The number of nitrogens with zero attached hydrogens (tertiary/aromatic N) is 6. The van der Waals surface area contributed by atoms with E-state index in [1.807, 2.05) is 0 Å². The number of fused-ring (bicyclic) bond motifs is 1. The Morgan fingerprint density at radius 2 is 1.97 bits per heavy atom. The number of hydrogen-bond acceptors (Lipinski definition) is 8. The standard InChI is InChI=1S/C20H17F3N6O4/c1-3-32-18(30)13-8-24-29(11-13)19-26-15-9-25-28(16(15)17(27-19)31-2)10-12-5-4-6-14(7-12)33-20(21,22)23/h4-9,11H,3,10H2,1-2H3. The summed E-state index contributed by atoms with van der Waals surface area (Å²) in [5, 5.41) is 8.35. The highest BCUT2D eigenvalue weighted by Crippen LogP contribution is 2.26. The van der Waals surface area contributed by atoms with E-state index in [1.165, 1.54) is 53.3 Å². The molecule has 0 fully saturated rings. The average Bonchev–Trinajstić information content (AvgIpc) is 3.40. The van der Waals surface area contributed by atoms with Gasteiger partial charge in [-0.1, -0.05) is 12.1 Å². The maximum absolute atomic E-state index is 12.5. The summed E-state index contributed by atoms with van der Waals surface area (Å²) in [5.74, 6) is -0.558. The molecule has 10 nitrogen and oxygen atoms in total. The van der Waals surface area contributed by atoms with Gasteiger partial charge in [0.25, 0.3) is 5.95 Å². The molecule has 0 saturated carbocycles. The fraction of sp³-hybridized carbons (Fsp3) is 0.250. The second kappa shape index (κ2) is 8.76. The fourth-order valence-electron chi connectivity index (χ4n) is 3.08. The normalized spacial score (nSPS) is 11.5. The van der Waals surface area contributed by atoms with Crippen LogP contribution < -0.4 is 9.47 Å². The predicted octanol–water partition coefficient (Wildman–Crippen LogP) is 3.14. The fourth-order valence-corrected chi connectivity index (χ4v) is 3.08. The van der Waals surface area contributed by atoms with Gasteiger partial charge in [0.2, 0.25) is 5.88 Å². The third-order valence-electron chi connectivity index (χ3n) is 4.40. The van der Waals surface area contributed by atoms with E-state index in [0.717, 1.165) is 0 Å². The van der Waals surface area contributed by atoms with Crippen molar-refractivity contribution in [2.75, 3.05) is 13.7 Å². The Hall–Kier alpha value is -4.16. The lowest BCUT2D eigenvalue weighted by Gasteiger charge is -2.11. The SMILES string of the molecule is CCOC(=O)c1cnn(-c2nc(OC)c3c(cnn3Cc3cccc(OC(F)(F)F)c3)n2)c1. The van der Waals surface area contributed by atoms with Gasteiger partial charge >= 0.3 is 12.3 Å². The molecule has 0 bridgehead atoms. The van der Waals surface area contributed by atoms with Crippen molar-refractivity contribution in [2.45, 2.75) is 19.8 Å². The van der Waals surface area contributed by atoms with Gasteiger partial charge in [-0.3, -0.25) is 4.68 Å². The molecule has 3 aromatic heterocycles. The summed E-state index contributed by atoms with van der Waals surface area (Å²) in [6.45, 7) is 2.04. The summed E-state index contributed by atoms with van der Waals surface area (Å²) < 4.78 is 54.6. The Labute approximate surface area is 184 Å². The number of halogens is 3. The van der Waals surface area contributed by atoms with E-state index in [-0.39, 0.29) is 36.3 Å². The predicted molar refractivity (Wildman–Crippen MR) is 107 cm³/mol. The maximum Gasteiger partial charge on any atom is 0.573 e. The van der Waals surface area contributed by atoms with E-state index >= 15 is 0 Å². The molecule has 0 N–H and O–H groups in total. The molecule has 0 aliphatic rings. The molecule has 1 aromatic carbocycles. The maximum atomic E-state index is 12.5. The van der Waals surface area contributed by atoms with Gasteiger partial charge in [0.05, 0.1) is 38.2 Å². The number of benzene rings is 1. The van der Waals surface area contributed by atoms with Crippen molar-refractivity contribution in [1.82, 2.24) is 29.5 Å². The van der Waals surface area contributed by atoms with Gasteiger partial charge in [-0.05, 0) is 24.6 Å². The highest BCUT2D eigenvalue weighted by atomic mass is 19.4.